The summed E-state index contributed by atoms with van der Waals surface area (Å²) in [6.45, 7) is 0. The summed E-state index contributed by atoms with van der Waals surface area (Å²) < 4.78 is 0. The maximum Gasteiger partial charge on any atom is 2.00 e. The summed E-state index contributed by atoms with van der Waals surface area (Å²) in [4.78, 5) is 0. The van der Waals surface area contributed by atoms with Crippen molar-refractivity contribution in [3.8, 4) is 0 Å². The maximum absolute atomic E-state index is 0. The minimum absolute atomic E-state index is 0. The molecule has 0 aromatic carbocycles. The van der Waals surface area contributed by atoms with Crippen LogP contribution in [0.15, 0.2) is 0 Å². The van der Waals surface area contributed by atoms with Crippen molar-refractivity contribution >= 4 is 0 Å². The standard InChI is InChI=1S/Mo.4O.Zn/q;4*-2;+2. The first-order valence-corrected chi connectivity index (χ1v) is 0. The van der Waals surface area contributed by atoms with Crippen LogP contribution in [0.25, 0.3) is 0 Å². The average Bonchev–Trinajstić information content (AvgIpc) is 0. The fourth-order valence-corrected chi connectivity index (χ4v) is 0. The molecule has 0 aliphatic carbocycles. The van der Waals surface area contributed by atoms with E-state index in [1.165, 1.54) is 0 Å². The number of rotatable bonds is 0. The Morgan fingerprint density at radius 3 is 0.500 bits per heavy atom. The largest absolute Gasteiger partial charge is 2.00 e. The van der Waals surface area contributed by atoms with Gasteiger partial charge in [0.05, 0.1) is 0 Å². The van der Waals surface area contributed by atoms with Crippen molar-refractivity contribution in [2.75, 3.05) is 0 Å². The van der Waals surface area contributed by atoms with Gasteiger partial charge in [-0.1, -0.05) is 0 Å². The first-order chi connectivity index (χ1) is 0. The molecule has 0 aliphatic heterocycles. The molecule has 0 rings (SSSR count). The van der Waals surface area contributed by atoms with Crippen molar-refractivity contribution in [2.45, 2.75) is 0 Å². The Bertz CT molecular complexity index is 7.51. The molecule has 0 unspecified atom stereocenters. The summed E-state index contributed by atoms with van der Waals surface area (Å²) in [6.07, 6.45) is 0. The number of hydrogen-bond acceptors (Lipinski definition) is 0. The fraction of sp³-hybridized carbons (Fsp3) is 0. The van der Waals surface area contributed by atoms with Crippen molar-refractivity contribution < 1.29 is 62.4 Å². The minimum atomic E-state index is 0. The van der Waals surface area contributed by atoms with Crippen molar-refractivity contribution in [1.82, 2.24) is 0 Å². The third-order valence-corrected chi connectivity index (χ3v) is 0. The van der Waals surface area contributed by atoms with Crippen LogP contribution >= 0.6 is 0 Å². The van der Waals surface area contributed by atoms with Gasteiger partial charge in [0.25, 0.3) is 0 Å². The van der Waals surface area contributed by atoms with Crippen molar-refractivity contribution in [3.05, 3.63) is 0 Å². The van der Waals surface area contributed by atoms with Crippen LogP contribution in [-0.4, -0.2) is 0 Å². The molecule has 4 nitrogen and oxygen atoms in total. The van der Waals surface area contributed by atoms with Gasteiger partial charge in [-0.15, -0.1) is 0 Å². The Morgan fingerprint density at radius 2 is 0.500 bits per heavy atom. The van der Waals surface area contributed by atoms with Gasteiger partial charge >= 0.3 is 19.5 Å². The molecule has 0 bridgehead atoms. The van der Waals surface area contributed by atoms with Gasteiger partial charge in [-0.05, 0) is 0 Å². The van der Waals surface area contributed by atoms with Crippen LogP contribution in [0.4, 0.5) is 0 Å². The topological polar surface area (TPSA) is 114 Å². The smallest absolute Gasteiger partial charge is 2.00 e. The molecule has 38 valence electrons. The van der Waals surface area contributed by atoms with Gasteiger partial charge in [-0.25, -0.2) is 0 Å². The van der Waals surface area contributed by atoms with Gasteiger partial charge in [0.2, 0.25) is 0 Å². The van der Waals surface area contributed by atoms with Gasteiger partial charge in [-0.2, -0.15) is 0 Å². The second-order valence-corrected chi connectivity index (χ2v) is 0. The van der Waals surface area contributed by atoms with E-state index in [2.05, 4.69) is 0 Å². The first-order valence-electron chi connectivity index (χ1n) is 0. The van der Waals surface area contributed by atoms with Crippen LogP contribution in [-0.2, 0) is 62.4 Å². The second kappa shape index (κ2) is 123. The van der Waals surface area contributed by atoms with Crippen LogP contribution in [0.3, 0.4) is 0 Å². The van der Waals surface area contributed by atoms with Gasteiger partial charge in [0.15, 0.2) is 0 Å². The molecule has 0 radical (unpaired) electrons. The van der Waals surface area contributed by atoms with E-state index in [0.717, 1.165) is 0 Å². The van der Waals surface area contributed by atoms with E-state index in [9.17, 15) is 0 Å². The molecule has 0 heterocycles. The summed E-state index contributed by atoms with van der Waals surface area (Å²) >= 11 is 0. The minimum Gasteiger partial charge on any atom is -2.00 e. The maximum atomic E-state index is 0. The first kappa shape index (κ1) is 204. The van der Waals surface area contributed by atoms with E-state index in [1.54, 1.807) is 0 Å². The molecule has 6 heavy (non-hydrogen) atoms. The molecule has 0 aliphatic rings. The Labute approximate surface area is 62.6 Å². The van der Waals surface area contributed by atoms with E-state index in [1.807, 2.05) is 0 Å². The molecule has 6 heteroatoms. The molecular weight excluding hydrogens is 225 g/mol. The quantitative estimate of drug-likeness (QED) is 0.495. The summed E-state index contributed by atoms with van der Waals surface area (Å²) in [5.41, 5.74) is 0. The van der Waals surface area contributed by atoms with Crippen LogP contribution in [0.1, 0.15) is 0 Å². The van der Waals surface area contributed by atoms with Crippen LogP contribution < -0.4 is 0 Å². The fourth-order valence-electron chi connectivity index (χ4n) is 0. The third-order valence-electron chi connectivity index (χ3n) is 0. The molecule has 0 aromatic heterocycles. The van der Waals surface area contributed by atoms with Gasteiger partial charge in [-0.3, -0.25) is 0 Å². The predicted octanol–water partition coefficient (Wildman–Crippen LogP) is -0.480. The van der Waals surface area contributed by atoms with Crippen LogP contribution in [0.5, 0.6) is 0 Å². The van der Waals surface area contributed by atoms with Crippen LogP contribution in [0, 0.1) is 0 Å². The third kappa shape index (κ3) is 66.9. The summed E-state index contributed by atoms with van der Waals surface area (Å²) in [7, 11) is 0. The normalized spacial score (nSPS) is 0. The second-order valence-electron chi connectivity index (χ2n) is 0. The van der Waals surface area contributed by atoms with E-state index >= 15 is 0 Å². The van der Waals surface area contributed by atoms with Gasteiger partial charge < -0.3 is 21.9 Å². The van der Waals surface area contributed by atoms with Crippen molar-refractivity contribution in [1.29, 1.82) is 0 Å². The van der Waals surface area contributed by atoms with Crippen molar-refractivity contribution in [3.63, 3.8) is 0 Å². The predicted molar refractivity (Wildman–Crippen MR) is 2.75 cm³/mol. The average molecular weight is 225 g/mol. The molecule has 0 spiro atoms. The molecular formula is MoO4Zn-6. The molecule has 0 fully saturated rings. The van der Waals surface area contributed by atoms with Crippen molar-refractivity contribution in [2.24, 2.45) is 0 Å². The van der Waals surface area contributed by atoms with Gasteiger partial charge in [0.1, 0.15) is 0 Å². The molecule has 0 aromatic rings. The monoisotopic (exact) mass is 226 g/mol. The van der Waals surface area contributed by atoms with E-state index in [4.69, 9.17) is 0 Å². The zero-order valence-electron chi connectivity index (χ0n) is 2.75. The molecule has 0 N–H and O–H groups in total. The Kier molecular flexibility index (Phi) is 4190. The summed E-state index contributed by atoms with van der Waals surface area (Å²) in [5.74, 6) is 0. The summed E-state index contributed by atoms with van der Waals surface area (Å²) in [6, 6.07) is 0. The molecule has 0 saturated heterocycles. The zero-order chi connectivity index (χ0) is 0. The van der Waals surface area contributed by atoms with Crippen LogP contribution in [0.2, 0.25) is 0 Å². The summed E-state index contributed by atoms with van der Waals surface area (Å²) in [5, 5.41) is 0. The SMILES string of the molecule is [Mo].[O-2].[O-2].[O-2].[O-2].[Zn+2]. The Hall–Kier alpha value is 1.15. The molecule has 0 amide bonds. The van der Waals surface area contributed by atoms with Gasteiger partial charge in [0, 0.05) is 21.1 Å². The molecule has 0 atom stereocenters. The Balaban J connectivity index is 0. The molecule has 0 saturated carbocycles. The van der Waals surface area contributed by atoms with E-state index in [-0.39, 0.29) is 62.4 Å². The Morgan fingerprint density at radius 1 is 0.500 bits per heavy atom. The zero-order valence-corrected chi connectivity index (χ0v) is 7.72. The number of hydrogen-bond donors (Lipinski definition) is 0. The van der Waals surface area contributed by atoms with E-state index < -0.39 is 0 Å². The van der Waals surface area contributed by atoms with E-state index in [0.29, 0.717) is 0 Å².